The van der Waals surface area contributed by atoms with Gasteiger partial charge in [-0.15, -0.1) is 0 Å². The lowest BCUT2D eigenvalue weighted by molar-refractivity contribution is -0.133. The van der Waals surface area contributed by atoms with E-state index in [1.807, 2.05) is 50.2 Å². The summed E-state index contributed by atoms with van der Waals surface area (Å²) in [6.07, 6.45) is 2.66. The Labute approximate surface area is 328 Å². The van der Waals surface area contributed by atoms with Crippen molar-refractivity contribution in [3.63, 3.8) is 0 Å². The molecule has 2 bridgehead atoms. The van der Waals surface area contributed by atoms with E-state index in [4.69, 9.17) is 9.47 Å². The van der Waals surface area contributed by atoms with Gasteiger partial charge in [0.15, 0.2) is 18.1 Å². The monoisotopic (exact) mass is 792 g/mol. The number of carbonyl (C=O) groups excluding carboxylic acids is 5. The normalized spacial score (nSPS) is 19.4. The van der Waals surface area contributed by atoms with E-state index in [1.165, 1.54) is 38.4 Å². The maximum absolute atomic E-state index is 14.0. The van der Waals surface area contributed by atoms with Gasteiger partial charge in [-0.25, -0.2) is 8.42 Å². The van der Waals surface area contributed by atoms with Gasteiger partial charge in [-0.1, -0.05) is 50.2 Å². The number of ether oxygens (including phenoxy) is 2. The first-order valence-corrected chi connectivity index (χ1v) is 20.3. The number of amides is 5. The van der Waals surface area contributed by atoms with Crippen LogP contribution in [0.5, 0.6) is 11.5 Å². The van der Waals surface area contributed by atoms with E-state index < -0.39 is 51.8 Å². The third kappa shape index (κ3) is 12.7. The quantitative estimate of drug-likeness (QED) is 0.227. The van der Waals surface area contributed by atoms with Crippen LogP contribution in [-0.4, -0.2) is 96.2 Å². The third-order valence-corrected chi connectivity index (χ3v) is 10.5. The molecule has 0 fully saturated rings. The van der Waals surface area contributed by atoms with Crippen molar-refractivity contribution in [3.05, 3.63) is 89.5 Å². The van der Waals surface area contributed by atoms with Crippen LogP contribution in [0.4, 0.5) is 5.69 Å². The van der Waals surface area contributed by atoms with Gasteiger partial charge in [-0.2, -0.15) is 0 Å². The van der Waals surface area contributed by atoms with Gasteiger partial charge in [0.25, 0.3) is 11.8 Å². The van der Waals surface area contributed by atoms with Gasteiger partial charge in [-0.3, -0.25) is 28.3 Å². The molecule has 15 nitrogen and oxygen atoms in total. The van der Waals surface area contributed by atoms with Gasteiger partial charge < -0.3 is 36.1 Å². The Kier molecular flexibility index (Phi) is 15.6. The van der Waals surface area contributed by atoms with Crippen LogP contribution in [0.1, 0.15) is 54.6 Å². The number of aryl methyl sites for hydroxylation is 1. The van der Waals surface area contributed by atoms with Crippen molar-refractivity contribution in [2.75, 3.05) is 44.4 Å². The highest BCUT2D eigenvalue weighted by molar-refractivity contribution is 7.92. The van der Waals surface area contributed by atoms with Gasteiger partial charge in [0.2, 0.25) is 27.7 Å². The Morgan fingerprint density at radius 2 is 1.61 bits per heavy atom. The third-order valence-electron chi connectivity index (χ3n) is 9.29. The summed E-state index contributed by atoms with van der Waals surface area (Å²) in [5.41, 5.74) is 2.17. The van der Waals surface area contributed by atoms with Crippen molar-refractivity contribution in [1.29, 1.82) is 0 Å². The molecule has 0 saturated heterocycles. The number of hydrogen-bond acceptors (Lipinski definition) is 9. The first-order valence-electron chi connectivity index (χ1n) is 18.5. The first-order chi connectivity index (χ1) is 26.7. The van der Waals surface area contributed by atoms with E-state index in [0.29, 0.717) is 36.6 Å². The summed E-state index contributed by atoms with van der Waals surface area (Å²) in [5.74, 6) is -2.08. The summed E-state index contributed by atoms with van der Waals surface area (Å²) in [4.78, 5) is 67.7. The largest absolute Gasteiger partial charge is 0.493 e. The lowest BCUT2D eigenvalue weighted by atomic mass is 10.00. The van der Waals surface area contributed by atoms with E-state index >= 15 is 0 Å². The molecule has 3 atom stereocenters. The smallest absolute Gasteiger partial charge is 0.257 e. The molecule has 3 aromatic carbocycles. The molecule has 3 aromatic rings. The maximum atomic E-state index is 14.0. The lowest BCUT2D eigenvalue weighted by Gasteiger charge is -2.27. The average molecular weight is 793 g/mol. The molecule has 1 aliphatic heterocycles. The highest BCUT2D eigenvalue weighted by Crippen LogP contribution is 2.28. The van der Waals surface area contributed by atoms with Crippen molar-refractivity contribution in [2.24, 2.45) is 5.92 Å². The molecule has 0 aliphatic carbocycles. The Balaban J connectivity index is 1.61. The lowest BCUT2D eigenvalue weighted by Crippen LogP contribution is -2.58. The minimum atomic E-state index is -3.54. The summed E-state index contributed by atoms with van der Waals surface area (Å²) < 4.78 is 36.3. The van der Waals surface area contributed by atoms with Crippen LogP contribution >= 0.6 is 0 Å². The highest BCUT2D eigenvalue weighted by Gasteiger charge is 2.31. The molecule has 0 unspecified atom stereocenters. The summed E-state index contributed by atoms with van der Waals surface area (Å²) in [5, 5.41) is 14.1. The second-order valence-electron chi connectivity index (χ2n) is 13.9. The van der Waals surface area contributed by atoms with E-state index in [0.717, 1.165) is 21.7 Å². The molecule has 302 valence electrons. The molecule has 1 heterocycles. The summed E-state index contributed by atoms with van der Waals surface area (Å²) >= 11 is 0. The van der Waals surface area contributed by atoms with Gasteiger partial charge in [-0.05, 0) is 79.1 Å². The predicted molar refractivity (Wildman–Crippen MR) is 212 cm³/mol. The number of hydrogen-bond donors (Lipinski definition) is 5. The van der Waals surface area contributed by atoms with Gasteiger partial charge in [0, 0.05) is 32.1 Å². The van der Waals surface area contributed by atoms with Crippen LogP contribution in [0.15, 0.2) is 72.8 Å². The molecule has 16 heteroatoms. The number of methoxy groups -OCH3 is 1. The molecular formula is C40H52N6O9S. The van der Waals surface area contributed by atoms with Gasteiger partial charge in [0.1, 0.15) is 18.1 Å². The standard InChI is InChI=1S/C40H52N6O9S/c1-26(2)36-40(51)42-22-9-13-28-15-20-33(54-4)34(24-28)55-25-35(47)41-21-10-14-31(38(49)44-32(39(50)45-36)23-27-11-7-6-8-12-27)43-37(48)29-16-18-30(19-17-29)46(3)56(5,52)53/h6-8,11-12,15-20,24,26,31-32,36H,9-10,13-14,21-23,25H2,1-5H3,(H,41,47)(H,42,51)(H,43,48)(H,44,49)(H,45,50)/t31-,32-,36+/m0/s1. The molecule has 5 amide bonds. The fraction of sp³-hybridized carbons (Fsp3) is 0.425. The minimum absolute atomic E-state index is 0.0696. The predicted octanol–water partition coefficient (Wildman–Crippen LogP) is 2.10. The SMILES string of the molecule is COc1ccc2cc1OCC(=O)NCCC[C@H](NC(=O)c1ccc(N(C)S(C)(=O)=O)cc1)C(=O)N[C@@H](Cc1ccccc1)C(=O)N[C@H](C(C)C)C(=O)NCCC2. The van der Waals surface area contributed by atoms with Crippen molar-refractivity contribution in [2.45, 2.75) is 64.1 Å². The number of anilines is 1. The maximum Gasteiger partial charge on any atom is 0.257 e. The molecule has 0 aromatic heterocycles. The Morgan fingerprint density at radius 1 is 0.911 bits per heavy atom. The minimum Gasteiger partial charge on any atom is -0.493 e. The van der Waals surface area contributed by atoms with E-state index in [2.05, 4.69) is 26.6 Å². The molecule has 1 aliphatic rings. The topological polar surface area (TPSA) is 201 Å². The number of fused-ring (bicyclic) bond motifs is 2. The fourth-order valence-electron chi connectivity index (χ4n) is 5.98. The highest BCUT2D eigenvalue weighted by atomic mass is 32.2. The average Bonchev–Trinajstić information content (AvgIpc) is 3.17. The van der Waals surface area contributed by atoms with Crippen molar-refractivity contribution >= 4 is 45.2 Å². The summed E-state index contributed by atoms with van der Waals surface area (Å²) in [6, 6.07) is 17.1. The zero-order valence-corrected chi connectivity index (χ0v) is 33.2. The fourth-order valence-corrected chi connectivity index (χ4v) is 6.48. The van der Waals surface area contributed by atoms with E-state index in [1.54, 1.807) is 12.1 Å². The Bertz CT molecular complexity index is 1940. The van der Waals surface area contributed by atoms with Crippen LogP contribution in [-0.2, 0) is 42.0 Å². The van der Waals surface area contributed by atoms with Crippen LogP contribution in [0, 0.1) is 5.92 Å². The van der Waals surface area contributed by atoms with Crippen molar-refractivity contribution in [3.8, 4) is 11.5 Å². The van der Waals surface area contributed by atoms with Crippen LogP contribution in [0.25, 0.3) is 0 Å². The molecule has 0 spiro atoms. The zero-order valence-electron chi connectivity index (χ0n) is 32.4. The summed E-state index contributed by atoms with van der Waals surface area (Å²) in [6.45, 7) is 3.80. The number of nitrogens with one attached hydrogen (secondary N) is 5. The van der Waals surface area contributed by atoms with Gasteiger partial charge >= 0.3 is 0 Å². The molecule has 0 radical (unpaired) electrons. The van der Waals surface area contributed by atoms with Crippen molar-refractivity contribution in [1.82, 2.24) is 26.6 Å². The van der Waals surface area contributed by atoms with Crippen LogP contribution in [0.2, 0.25) is 0 Å². The number of rotatable bonds is 8. The molecule has 56 heavy (non-hydrogen) atoms. The zero-order chi connectivity index (χ0) is 40.8. The van der Waals surface area contributed by atoms with Crippen molar-refractivity contribution < 1.29 is 41.9 Å². The number of benzene rings is 3. The Morgan fingerprint density at radius 3 is 2.27 bits per heavy atom. The van der Waals surface area contributed by atoms with Gasteiger partial charge in [0.05, 0.1) is 19.1 Å². The molecule has 5 N–H and O–H groups in total. The molecular weight excluding hydrogens is 741 g/mol. The van der Waals surface area contributed by atoms with E-state index in [9.17, 15) is 32.4 Å². The molecule has 0 saturated carbocycles. The molecule has 4 rings (SSSR count). The Hall–Kier alpha value is -5.64. The summed E-state index contributed by atoms with van der Waals surface area (Å²) in [7, 11) is -0.652. The second-order valence-corrected chi connectivity index (χ2v) is 16.0. The second kappa shape index (κ2) is 20.3. The number of nitrogens with zero attached hydrogens (tertiary/aromatic N) is 1. The number of sulfonamides is 1. The van der Waals surface area contributed by atoms with Crippen LogP contribution in [0.3, 0.4) is 0 Å². The first kappa shape index (κ1) is 43.1. The number of carbonyl (C=O) groups is 5. The van der Waals surface area contributed by atoms with E-state index in [-0.39, 0.29) is 49.8 Å². The van der Waals surface area contributed by atoms with Crippen LogP contribution < -0.4 is 40.4 Å².